The van der Waals surface area contributed by atoms with Gasteiger partial charge in [-0.15, -0.1) is 24.0 Å². The summed E-state index contributed by atoms with van der Waals surface area (Å²) in [7, 11) is 0. The predicted octanol–water partition coefficient (Wildman–Crippen LogP) is 2.72. The summed E-state index contributed by atoms with van der Waals surface area (Å²) in [5, 5.41) is 3.11. The predicted molar refractivity (Wildman–Crippen MR) is 81.8 cm³/mol. The van der Waals surface area contributed by atoms with Crippen LogP contribution in [0.25, 0.3) is 0 Å². The lowest BCUT2D eigenvalue weighted by atomic mass is 10.1. The van der Waals surface area contributed by atoms with E-state index < -0.39 is 0 Å². The van der Waals surface area contributed by atoms with E-state index >= 15 is 0 Å². The Labute approximate surface area is 120 Å². The molecule has 0 aliphatic heterocycles. The highest BCUT2D eigenvalue weighted by Gasteiger charge is 2.10. The molecular weight excluding hydrogens is 329 g/mol. The van der Waals surface area contributed by atoms with E-state index in [4.69, 9.17) is 10.2 Å². The Morgan fingerprint density at radius 1 is 1.41 bits per heavy atom. The van der Waals surface area contributed by atoms with Gasteiger partial charge in [-0.05, 0) is 40.7 Å². The fourth-order valence-electron chi connectivity index (χ4n) is 1.43. The Hall–Kier alpha value is -0.720. The Balaban J connectivity index is 0.00000256. The maximum absolute atomic E-state index is 5.77. The van der Waals surface area contributed by atoms with Crippen molar-refractivity contribution in [3.05, 3.63) is 23.2 Å². The first kappa shape index (κ1) is 16.3. The van der Waals surface area contributed by atoms with Crippen molar-refractivity contribution in [2.24, 2.45) is 10.7 Å². The van der Waals surface area contributed by atoms with Crippen molar-refractivity contribution in [3.8, 4) is 0 Å². The van der Waals surface area contributed by atoms with Crippen molar-refractivity contribution in [2.45, 2.75) is 46.7 Å². The topological polar surface area (TPSA) is 63.5 Å². The summed E-state index contributed by atoms with van der Waals surface area (Å²) in [5.41, 5.74) is 6.79. The van der Waals surface area contributed by atoms with Gasteiger partial charge in [0.1, 0.15) is 11.5 Å². The van der Waals surface area contributed by atoms with Crippen molar-refractivity contribution in [3.63, 3.8) is 0 Å². The number of aryl methyl sites for hydroxylation is 2. The second-order valence-corrected chi connectivity index (χ2v) is 5.01. The molecule has 1 aromatic heterocycles. The summed E-state index contributed by atoms with van der Waals surface area (Å²) < 4.78 is 5.42. The van der Waals surface area contributed by atoms with Crippen LogP contribution in [0.15, 0.2) is 15.5 Å². The number of aliphatic imine (C=N–C) groups is 1. The van der Waals surface area contributed by atoms with Crippen LogP contribution >= 0.6 is 24.0 Å². The lowest BCUT2D eigenvalue weighted by Crippen LogP contribution is -2.44. The van der Waals surface area contributed by atoms with E-state index in [1.807, 2.05) is 40.7 Å². The van der Waals surface area contributed by atoms with Gasteiger partial charge in [-0.1, -0.05) is 0 Å². The van der Waals surface area contributed by atoms with Gasteiger partial charge < -0.3 is 15.5 Å². The molecule has 3 N–H and O–H groups in total. The molecule has 0 radical (unpaired) electrons. The minimum Gasteiger partial charge on any atom is -0.466 e. The lowest BCUT2D eigenvalue weighted by molar-refractivity contribution is 0.500. The van der Waals surface area contributed by atoms with Gasteiger partial charge >= 0.3 is 0 Å². The first-order valence-corrected chi connectivity index (χ1v) is 5.42. The molecule has 0 bridgehead atoms. The SMILES string of the molecule is Cc1cc(CN=C(N)NC(C)(C)C)c(C)o1.I. The van der Waals surface area contributed by atoms with Crippen LogP contribution < -0.4 is 11.1 Å². The molecule has 0 spiro atoms. The quantitative estimate of drug-likeness (QED) is 0.489. The molecule has 0 atom stereocenters. The van der Waals surface area contributed by atoms with Crippen LogP contribution in [0.5, 0.6) is 0 Å². The Morgan fingerprint density at radius 2 is 2.00 bits per heavy atom. The van der Waals surface area contributed by atoms with Gasteiger partial charge in [-0.25, -0.2) is 4.99 Å². The van der Waals surface area contributed by atoms with Gasteiger partial charge in [0.05, 0.1) is 6.54 Å². The number of halogens is 1. The molecule has 98 valence electrons. The van der Waals surface area contributed by atoms with E-state index in [1.54, 1.807) is 0 Å². The number of nitrogens with one attached hydrogen (secondary N) is 1. The van der Waals surface area contributed by atoms with Gasteiger partial charge in [-0.3, -0.25) is 0 Å². The molecule has 1 aromatic rings. The molecular formula is C12H22IN3O. The van der Waals surface area contributed by atoms with Gasteiger partial charge in [0.15, 0.2) is 5.96 Å². The largest absolute Gasteiger partial charge is 0.466 e. The minimum absolute atomic E-state index is 0. The van der Waals surface area contributed by atoms with Crippen LogP contribution in [0.1, 0.15) is 37.9 Å². The number of hydrogen-bond acceptors (Lipinski definition) is 2. The van der Waals surface area contributed by atoms with Gasteiger partial charge in [0, 0.05) is 11.1 Å². The van der Waals surface area contributed by atoms with Crippen LogP contribution in [-0.2, 0) is 6.54 Å². The number of furan rings is 1. The van der Waals surface area contributed by atoms with Crippen LogP contribution in [0.3, 0.4) is 0 Å². The van der Waals surface area contributed by atoms with Crippen molar-refractivity contribution < 1.29 is 4.42 Å². The molecule has 0 aliphatic rings. The average molecular weight is 351 g/mol. The van der Waals surface area contributed by atoms with Gasteiger partial charge in [-0.2, -0.15) is 0 Å². The molecule has 0 unspecified atom stereocenters. The van der Waals surface area contributed by atoms with Crippen molar-refractivity contribution >= 4 is 29.9 Å². The average Bonchev–Trinajstić information content (AvgIpc) is 2.38. The fourth-order valence-corrected chi connectivity index (χ4v) is 1.43. The molecule has 0 saturated heterocycles. The van der Waals surface area contributed by atoms with Crippen LogP contribution in [0, 0.1) is 13.8 Å². The second-order valence-electron chi connectivity index (χ2n) is 5.01. The highest BCUT2D eigenvalue weighted by Crippen LogP contribution is 2.14. The summed E-state index contributed by atoms with van der Waals surface area (Å²) in [6.45, 7) is 10.5. The molecule has 17 heavy (non-hydrogen) atoms. The molecule has 1 rings (SSSR count). The summed E-state index contributed by atoms with van der Waals surface area (Å²) in [4.78, 5) is 4.28. The monoisotopic (exact) mass is 351 g/mol. The van der Waals surface area contributed by atoms with E-state index in [2.05, 4.69) is 10.3 Å². The highest BCUT2D eigenvalue weighted by molar-refractivity contribution is 14.0. The maximum Gasteiger partial charge on any atom is 0.189 e. The van der Waals surface area contributed by atoms with Crippen molar-refractivity contribution in [1.82, 2.24) is 5.32 Å². The zero-order valence-corrected chi connectivity index (χ0v) is 13.5. The Kier molecular flexibility index (Phi) is 6.01. The molecule has 5 heteroatoms. The van der Waals surface area contributed by atoms with Crippen LogP contribution in [0.4, 0.5) is 0 Å². The van der Waals surface area contributed by atoms with Gasteiger partial charge in [0.2, 0.25) is 0 Å². The molecule has 0 amide bonds. The van der Waals surface area contributed by atoms with Crippen LogP contribution in [-0.4, -0.2) is 11.5 Å². The standard InChI is InChI=1S/C12H21N3O.HI/c1-8-6-10(9(2)16-8)7-14-11(13)15-12(3,4)5;/h6H,7H2,1-5H3,(H3,13,14,15);1H. The summed E-state index contributed by atoms with van der Waals surface area (Å²) >= 11 is 0. The zero-order chi connectivity index (χ0) is 12.3. The number of nitrogens with zero attached hydrogens (tertiary/aromatic N) is 1. The number of rotatable bonds is 2. The number of nitrogens with two attached hydrogens (primary N) is 1. The molecule has 4 nitrogen and oxygen atoms in total. The molecule has 0 aliphatic carbocycles. The fraction of sp³-hybridized carbons (Fsp3) is 0.583. The van der Waals surface area contributed by atoms with E-state index in [0.29, 0.717) is 12.5 Å². The molecule has 0 aromatic carbocycles. The Bertz CT molecular complexity index is 391. The third-order valence-electron chi connectivity index (χ3n) is 2.07. The molecule has 0 fully saturated rings. The van der Waals surface area contributed by atoms with E-state index in [-0.39, 0.29) is 29.5 Å². The van der Waals surface area contributed by atoms with E-state index in [0.717, 1.165) is 17.1 Å². The smallest absolute Gasteiger partial charge is 0.189 e. The molecule has 1 heterocycles. The zero-order valence-electron chi connectivity index (χ0n) is 11.1. The first-order chi connectivity index (χ1) is 7.28. The lowest BCUT2D eigenvalue weighted by Gasteiger charge is -2.20. The van der Waals surface area contributed by atoms with E-state index in [9.17, 15) is 0 Å². The van der Waals surface area contributed by atoms with Crippen molar-refractivity contribution in [2.75, 3.05) is 0 Å². The number of hydrogen-bond donors (Lipinski definition) is 2. The highest BCUT2D eigenvalue weighted by atomic mass is 127. The number of guanidine groups is 1. The first-order valence-electron chi connectivity index (χ1n) is 5.42. The summed E-state index contributed by atoms with van der Waals surface area (Å²) in [5.74, 6) is 2.28. The Morgan fingerprint density at radius 3 is 2.41 bits per heavy atom. The maximum atomic E-state index is 5.77. The summed E-state index contributed by atoms with van der Waals surface area (Å²) in [6, 6.07) is 1.99. The second kappa shape index (κ2) is 6.28. The van der Waals surface area contributed by atoms with Crippen LogP contribution in [0.2, 0.25) is 0 Å². The van der Waals surface area contributed by atoms with Gasteiger partial charge in [0.25, 0.3) is 0 Å². The minimum atomic E-state index is -0.0606. The third kappa shape index (κ3) is 5.95. The third-order valence-corrected chi connectivity index (χ3v) is 2.07. The molecule has 0 saturated carbocycles. The normalized spacial score (nSPS) is 12.2. The van der Waals surface area contributed by atoms with Crippen molar-refractivity contribution in [1.29, 1.82) is 0 Å². The summed E-state index contributed by atoms with van der Waals surface area (Å²) in [6.07, 6.45) is 0. The van der Waals surface area contributed by atoms with E-state index in [1.165, 1.54) is 0 Å².